The third kappa shape index (κ3) is 7.32. The summed E-state index contributed by atoms with van der Waals surface area (Å²) in [6, 6.07) is 19.2. The zero-order chi connectivity index (χ0) is 37.2. The minimum atomic E-state index is -4.60. The van der Waals surface area contributed by atoms with Crippen molar-refractivity contribution in [1.82, 2.24) is 4.57 Å². The summed E-state index contributed by atoms with van der Waals surface area (Å²) in [5, 5.41) is 0.928. The highest BCUT2D eigenvalue weighted by atomic mass is 19.3. The number of hydrogen-bond donors (Lipinski definition) is 0. The fourth-order valence-corrected chi connectivity index (χ4v) is 5.36. The van der Waals surface area contributed by atoms with E-state index in [4.69, 9.17) is 0 Å². The Kier molecular flexibility index (Phi) is 10.3. The lowest BCUT2D eigenvalue weighted by molar-refractivity contribution is -0.155. The molecule has 0 unspecified atom stereocenters. The van der Waals surface area contributed by atoms with E-state index in [0.717, 1.165) is 12.1 Å². The predicted molar refractivity (Wildman–Crippen MR) is 167 cm³/mol. The first-order valence-corrected chi connectivity index (χ1v) is 15.1. The molecule has 5 aromatic rings. The van der Waals surface area contributed by atoms with Crippen LogP contribution in [0.2, 0.25) is 0 Å². The molecule has 0 spiro atoms. The first-order valence-electron chi connectivity index (χ1n) is 15.1. The number of aromatic nitrogens is 1. The highest BCUT2D eigenvalue weighted by molar-refractivity contribution is 6.20. The van der Waals surface area contributed by atoms with Gasteiger partial charge in [0.25, 0.3) is 0 Å². The van der Waals surface area contributed by atoms with Crippen LogP contribution in [0, 0.1) is 0 Å². The van der Waals surface area contributed by atoms with Crippen LogP contribution in [-0.4, -0.2) is 66.0 Å². The van der Waals surface area contributed by atoms with Crippen LogP contribution >= 0.6 is 0 Å². The number of benzene rings is 4. The number of carbonyl (C=O) groups is 4. The van der Waals surface area contributed by atoms with E-state index in [1.54, 1.807) is 12.1 Å². The lowest BCUT2D eigenvalue weighted by atomic mass is 9.95. The Hall–Kier alpha value is -5.60. The number of halogens is 8. The molecule has 0 saturated heterocycles. The van der Waals surface area contributed by atoms with Gasteiger partial charge in [-0.05, 0) is 55.5 Å². The summed E-state index contributed by atoms with van der Waals surface area (Å²) >= 11 is 0. The van der Waals surface area contributed by atoms with E-state index in [1.807, 2.05) is 11.5 Å². The third-order valence-corrected chi connectivity index (χ3v) is 7.92. The van der Waals surface area contributed by atoms with Crippen molar-refractivity contribution in [3.05, 3.63) is 118 Å². The van der Waals surface area contributed by atoms with Crippen molar-refractivity contribution in [2.45, 2.75) is 38.2 Å². The summed E-state index contributed by atoms with van der Waals surface area (Å²) in [7, 11) is 0. The average Bonchev–Trinajstić information content (AvgIpc) is 3.44. The van der Waals surface area contributed by atoms with Gasteiger partial charge < -0.3 is 14.0 Å². The summed E-state index contributed by atoms with van der Waals surface area (Å²) in [6.45, 7) is -1.53. The molecule has 0 aliphatic rings. The Morgan fingerprint density at radius 2 is 0.941 bits per heavy atom. The largest absolute Gasteiger partial charge is 0.455 e. The Morgan fingerprint density at radius 3 is 1.27 bits per heavy atom. The monoisotopic (exact) mass is 719 g/mol. The van der Waals surface area contributed by atoms with Gasteiger partial charge in [-0.25, -0.2) is 27.2 Å². The number of nitrogens with zero attached hydrogens (tertiary/aromatic N) is 1. The molecule has 1 heterocycles. The zero-order valence-electron chi connectivity index (χ0n) is 26.3. The van der Waals surface area contributed by atoms with Gasteiger partial charge in [0.15, 0.2) is 24.8 Å². The van der Waals surface area contributed by atoms with E-state index in [9.17, 15) is 54.3 Å². The highest BCUT2D eigenvalue weighted by Crippen LogP contribution is 2.33. The van der Waals surface area contributed by atoms with Gasteiger partial charge in [-0.15, -0.1) is 0 Å². The van der Waals surface area contributed by atoms with Crippen LogP contribution in [0.1, 0.15) is 59.5 Å². The minimum absolute atomic E-state index is 0.0289. The quantitative estimate of drug-likeness (QED) is 0.0690. The second kappa shape index (κ2) is 14.3. The van der Waals surface area contributed by atoms with Crippen molar-refractivity contribution < 1.29 is 63.8 Å². The van der Waals surface area contributed by atoms with Crippen LogP contribution in [-0.2, 0) is 16.0 Å². The fourth-order valence-electron chi connectivity index (χ4n) is 5.36. The van der Waals surface area contributed by atoms with Crippen LogP contribution < -0.4 is 0 Å². The van der Waals surface area contributed by atoms with Gasteiger partial charge in [0.2, 0.25) is 0 Å². The summed E-state index contributed by atoms with van der Waals surface area (Å²) in [6.07, 6.45) is -8.16. The van der Waals surface area contributed by atoms with E-state index in [0.29, 0.717) is 28.4 Å². The van der Waals surface area contributed by atoms with Crippen molar-refractivity contribution >= 4 is 45.3 Å². The third-order valence-electron chi connectivity index (χ3n) is 7.92. The Bertz CT molecular complexity index is 2010. The van der Waals surface area contributed by atoms with Crippen molar-refractivity contribution in [1.29, 1.82) is 0 Å². The van der Waals surface area contributed by atoms with E-state index < -0.39 is 72.5 Å². The number of aryl methyl sites for hydroxylation is 1. The molecule has 1 aromatic heterocycles. The SMILES string of the molecule is CCn1c2ccc(C(=O)c3ccccc3C(=O)OCC(F)(F)C(F)F)cc2c2cc(C(=O)c3ccccc3C(=O)OCC(F)(F)C(F)F)ccc21. The van der Waals surface area contributed by atoms with Crippen molar-refractivity contribution in [2.75, 3.05) is 13.2 Å². The fraction of sp³-hybridized carbons (Fsp3) is 0.222. The van der Waals surface area contributed by atoms with Gasteiger partial charge in [-0.3, -0.25) is 9.59 Å². The number of carbonyl (C=O) groups excluding carboxylic acids is 4. The zero-order valence-corrected chi connectivity index (χ0v) is 26.3. The molecule has 0 aliphatic heterocycles. The number of alkyl halides is 8. The van der Waals surface area contributed by atoms with Gasteiger partial charge in [0.05, 0.1) is 11.1 Å². The van der Waals surface area contributed by atoms with Crippen LogP contribution in [0.4, 0.5) is 35.1 Å². The summed E-state index contributed by atoms with van der Waals surface area (Å²) < 4.78 is 115. The molecule has 0 aliphatic carbocycles. The molecule has 7 nitrogen and oxygen atoms in total. The van der Waals surface area contributed by atoms with Crippen molar-refractivity contribution in [3.8, 4) is 0 Å². The summed E-state index contributed by atoms with van der Waals surface area (Å²) in [4.78, 5) is 52.6. The standard InChI is InChI=1S/C36H25F8NO6/c1-2-45-27-13-11-19(29(46)21-7-3-5-9-23(21)31(48)50-17-35(41,42)33(37)38)15-25(27)26-16-20(12-14-28(26)45)30(47)22-8-4-6-10-24(22)32(49)51-18-36(43,44)34(39)40/h3-16,33-34H,2,17-18H2,1H3. The summed E-state index contributed by atoms with van der Waals surface area (Å²) in [5.41, 5.74) is -0.0842. The molecule has 51 heavy (non-hydrogen) atoms. The number of esters is 2. The summed E-state index contributed by atoms with van der Waals surface area (Å²) in [5.74, 6) is -13.5. The lowest BCUT2D eigenvalue weighted by Gasteiger charge is -2.16. The maximum absolute atomic E-state index is 13.7. The first-order chi connectivity index (χ1) is 24.1. The van der Waals surface area contributed by atoms with Crippen molar-refractivity contribution in [3.63, 3.8) is 0 Å². The minimum Gasteiger partial charge on any atom is -0.455 e. The Morgan fingerprint density at radius 1 is 0.588 bits per heavy atom. The molecule has 266 valence electrons. The molecule has 0 radical (unpaired) electrons. The second-order valence-electron chi connectivity index (χ2n) is 11.2. The molecule has 0 amide bonds. The van der Waals surface area contributed by atoms with Crippen LogP contribution in [0.3, 0.4) is 0 Å². The van der Waals surface area contributed by atoms with E-state index in [2.05, 4.69) is 9.47 Å². The smallest absolute Gasteiger partial charge is 0.340 e. The molecule has 5 rings (SSSR count). The molecule has 0 N–H and O–H groups in total. The average molecular weight is 720 g/mol. The van der Waals surface area contributed by atoms with Gasteiger partial charge in [0.1, 0.15) is 0 Å². The maximum Gasteiger partial charge on any atom is 0.340 e. The first kappa shape index (κ1) is 36.7. The molecule has 0 saturated carbocycles. The molecule has 0 fully saturated rings. The number of ketones is 2. The molecule has 4 aromatic carbocycles. The number of fused-ring (bicyclic) bond motifs is 3. The van der Waals surface area contributed by atoms with E-state index >= 15 is 0 Å². The van der Waals surface area contributed by atoms with Crippen LogP contribution in [0.25, 0.3) is 21.8 Å². The normalized spacial score (nSPS) is 12.1. The number of ether oxygens (including phenoxy) is 2. The Balaban J connectivity index is 1.51. The van der Waals surface area contributed by atoms with Crippen LogP contribution in [0.15, 0.2) is 84.9 Å². The van der Waals surface area contributed by atoms with Crippen LogP contribution in [0.5, 0.6) is 0 Å². The molecule has 0 atom stereocenters. The molecule has 0 bridgehead atoms. The highest BCUT2D eigenvalue weighted by Gasteiger charge is 2.43. The predicted octanol–water partition coefficient (Wildman–Crippen LogP) is 8.39. The number of hydrogen-bond acceptors (Lipinski definition) is 6. The van der Waals surface area contributed by atoms with Gasteiger partial charge >= 0.3 is 36.6 Å². The van der Waals surface area contributed by atoms with E-state index in [-0.39, 0.29) is 22.3 Å². The van der Waals surface area contributed by atoms with Crippen molar-refractivity contribution in [2.24, 2.45) is 0 Å². The molecule has 15 heteroatoms. The topological polar surface area (TPSA) is 91.7 Å². The Labute approximate surface area is 283 Å². The van der Waals surface area contributed by atoms with Gasteiger partial charge in [-0.1, -0.05) is 36.4 Å². The maximum atomic E-state index is 13.7. The second-order valence-corrected chi connectivity index (χ2v) is 11.2. The van der Waals surface area contributed by atoms with E-state index in [1.165, 1.54) is 60.7 Å². The molecular weight excluding hydrogens is 694 g/mol. The number of rotatable bonds is 13. The molecular formula is C36H25F8NO6. The van der Waals surface area contributed by atoms with Gasteiger partial charge in [-0.2, -0.15) is 17.6 Å². The van der Waals surface area contributed by atoms with Gasteiger partial charge in [0, 0.05) is 50.6 Å². The lowest BCUT2D eigenvalue weighted by Crippen LogP contribution is -2.33.